The molecule has 0 spiro atoms. The quantitative estimate of drug-likeness (QED) is 0.567. The third-order valence-electron chi connectivity index (χ3n) is 3.07. The Morgan fingerprint density at radius 1 is 1.33 bits per heavy atom. The number of nitrogen functional groups attached to an aromatic ring is 1. The molecular weight excluding hydrogens is 241 g/mol. The van der Waals surface area contributed by atoms with E-state index in [2.05, 4.69) is 53.6 Å². The van der Waals surface area contributed by atoms with Crippen molar-refractivity contribution in [2.45, 2.75) is 45.6 Å². The molecule has 0 aliphatic heterocycles. The van der Waals surface area contributed by atoms with Crippen LogP contribution >= 0.6 is 9.39 Å². The summed E-state index contributed by atoms with van der Waals surface area (Å²) in [6, 6.07) is 6.54. The van der Waals surface area contributed by atoms with Crippen molar-refractivity contribution in [3.8, 4) is 0 Å². The second-order valence-electron chi connectivity index (χ2n) is 5.71. The summed E-state index contributed by atoms with van der Waals surface area (Å²) in [6.07, 6.45) is 1.07. The standard InChI is InChI=1S/C14H26N3P/c1-5-11(9-16-18)17-13-8-10(15)6-7-12(13)14(2,3)4/h6-8,11,16-17H,5,9,15,18H2,1-4H3. The minimum absolute atomic E-state index is 0.114. The van der Waals surface area contributed by atoms with Crippen LogP contribution in [0.15, 0.2) is 18.2 Å². The number of anilines is 2. The summed E-state index contributed by atoms with van der Waals surface area (Å²) in [4.78, 5) is 0. The van der Waals surface area contributed by atoms with E-state index >= 15 is 0 Å². The zero-order valence-electron chi connectivity index (χ0n) is 11.9. The van der Waals surface area contributed by atoms with Gasteiger partial charge in [-0.25, -0.2) is 0 Å². The van der Waals surface area contributed by atoms with Crippen molar-refractivity contribution in [2.24, 2.45) is 0 Å². The molecule has 0 bridgehead atoms. The molecule has 18 heavy (non-hydrogen) atoms. The van der Waals surface area contributed by atoms with Crippen molar-refractivity contribution in [1.82, 2.24) is 5.09 Å². The topological polar surface area (TPSA) is 50.1 Å². The van der Waals surface area contributed by atoms with Crippen LogP contribution in [0.25, 0.3) is 0 Å². The number of benzene rings is 1. The van der Waals surface area contributed by atoms with Crippen LogP contribution in [0.1, 0.15) is 39.7 Å². The van der Waals surface area contributed by atoms with Crippen molar-refractivity contribution in [2.75, 3.05) is 17.6 Å². The van der Waals surface area contributed by atoms with E-state index in [0.717, 1.165) is 24.3 Å². The fraction of sp³-hybridized carbons (Fsp3) is 0.571. The van der Waals surface area contributed by atoms with E-state index in [0.29, 0.717) is 6.04 Å². The molecule has 0 aliphatic rings. The minimum atomic E-state index is 0.114. The molecule has 0 aromatic heterocycles. The van der Waals surface area contributed by atoms with Gasteiger partial charge in [0.25, 0.3) is 0 Å². The van der Waals surface area contributed by atoms with Gasteiger partial charge in [-0.05, 0) is 29.5 Å². The largest absolute Gasteiger partial charge is 0.399 e. The van der Waals surface area contributed by atoms with Crippen molar-refractivity contribution in [3.63, 3.8) is 0 Å². The number of hydrogen-bond donors (Lipinski definition) is 3. The number of nitrogens with two attached hydrogens (primary N) is 1. The Kier molecular flexibility index (Phi) is 5.43. The molecule has 3 nitrogen and oxygen atoms in total. The lowest BCUT2D eigenvalue weighted by Gasteiger charge is -2.27. The maximum Gasteiger partial charge on any atom is 0.0401 e. The zero-order valence-corrected chi connectivity index (χ0v) is 13.0. The van der Waals surface area contributed by atoms with Crippen LogP contribution in [0.5, 0.6) is 0 Å². The van der Waals surface area contributed by atoms with Gasteiger partial charge in [0, 0.05) is 24.0 Å². The lowest BCUT2D eigenvalue weighted by Crippen LogP contribution is -2.29. The maximum atomic E-state index is 5.90. The molecule has 0 fully saturated rings. The molecule has 0 radical (unpaired) electrons. The second-order valence-corrected chi connectivity index (χ2v) is 6.12. The second kappa shape index (κ2) is 6.40. The van der Waals surface area contributed by atoms with Crippen LogP contribution in [0.4, 0.5) is 11.4 Å². The molecule has 0 saturated heterocycles. The van der Waals surface area contributed by atoms with Crippen LogP contribution in [-0.2, 0) is 5.41 Å². The zero-order chi connectivity index (χ0) is 13.8. The first-order chi connectivity index (χ1) is 8.38. The first-order valence-corrected chi connectivity index (χ1v) is 7.06. The Morgan fingerprint density at radius 3 is 2.50 bits per heavy atom. The third-order valence-corrected chi connectivity index (χ3v) is 3.30. The first kappa shape index (κ1) is 15.3. The average Bonchev–Trinajstić information content (AvgIpc) is 2.26. The van der Waals surface area contributed by atoms with Crippen molar-refractivity contribution in [3.05, 3.63) is 23.8 Å². The fourth-order valence-electron chi connectivity index (χ4n) is 1.99. The molecule has 1 aromatic carbocycles. The van der Waals surface area contributed by atoms with Gasteiger partial charge in [-0.15, -0.1) is 0 Å². The number of hydrogen-bond acceptors (Lipinski definition) is 3. The Labute approximate surface area is 113 Å². The van der Waals surface area contributed by atoms with Gasteiger partial charge in [-0.3, -0.25) is 5.09 Å². The van der Waals surface area contributed by atoms with Crippen LogP contribution in [0, 0.1) is 0 Å². The molecule has 0 saturated carbocycles. The van der Waals surface area contributed by atoms with E-state index in [1.807, 2.05) is 12.1 Å². The van der Waals surface area contributed by atoms with E-state index in [1.165, 1.54) is 5.56 Å². The van der Waals surface area contributed by atoms with Gasteiger partial charge in [-0.1, -0.05) is 43.2 Å². The molecule has 2 unspecified atom stereocenters. The van der Waals surface area contributed by atoms with E-state index in [1.54, 1.807) is 0 Å². The molecule has 0 amide bonds. The SMILES string of the molecule is CCC(CNP)Nc1cc(N)ccc1C(C)(C)C. The Balaban J connectivity index is 3.02. The van der Waals surface area contributed by atoms with Crippen molar-refractivity contribution < 1.29 is 0 Å². The molecule has 4 heteroatoms. The van der Waals surface area contributed by atoms with Crippen LogP contribution in [-0.4, -0.2) is 12.6 Å². The molecule has 1 aromatic rings. The predicted octanol–water partition coefficient (Wildman–Crippen LogP) is 3.14. The van der Waals surface area contributed by atoms with Crippen LogP contribution in [0.2, 0.25) is 0 Å². The molecule has 0 heterocycles. The minimum Gasteiger partial charge on any atom is -0.399 e. The van der Waals surface area contributed by atoms with E-state index in [4.69, 9.17) is 5.73 Å². The fourth-order valence-corrected chi connectivity index (χ4v) is 2.28. The molecule has 2 atom stereocenters. The van der Waals surface area contributed by atoms with E-state index in [9.17, 15) is 0 Å². The maximum absolute atomic E-state index is 5.90. The van der Waals surface area contributed by atoms with Crippen molar-refractivity contribution >= 4 is 20.8 Å². The van der Waals surface area contributed by atoms with Gasteiger partial charge in [0.05, 0.1) is 0 Å². The summed E-state index contributed by atoms with van der Waals surface area (Å²) in [5.74, 6) is 0. The van der Waals surface area contributed by atoms with E-state index in [-0.39, 0.29) is 5.41 Å². The van der Waals surface area contributed by atoms with Gasteiger partial charge >= 0.3 is 0 Å². The van der Waals surface area contributed by atoms with Crippen molar-refractivity contribution in [1.29, 1.82) is 0 Å². The van der Waals surface area contributed by atoms with Gasteiger partial charge < -0.3 is 11.1 Å². The normalized spacial score (nSPS) is 13.4. The third kappa shape index (κ3) is 4.15. The summed E-state index contributed by atoms with van der Waals surface area (Å²) in [5, 5.41) is 6.72. The highest BCUT2D eigenvalue weighted by Gasteiger charge is 2.19. The van der Waals surface area contributed by atoms with Gasteiger partial charge in [0.15, 0.2) is 0 Å². The lowest BCUT2D eigenvalue weighted by molar-refractivity contribution is 0.588. The van der Waals surface area contributed by atoms with E-state index < -0.39 is 0 Å². The lowest BCUT2D eigenvalue weighted by atomic mass is 9.85. The summed E-state index contributed by atoms with van der Waals surface area (Å²) < 4.78 is 0. The summed E-state index contributed by atoms with van der Waals surface area (Å²) in [5.41, 5.74) is 9.27. The molecule has 1 rings (SSSR count). The Hall–Kier alpha value is -0.790. The van der Waals surface area contributed by atoms with Gasteiger partial charge in [0.2, 0.25) is 0 Å². The first-order valence-electron chi connectivity index (χ1n) is 6.48. The Bertz CT molecular complexity index is 385. The molecule has 102 valence electrons. The summed E-state index contributed by atoms with van der Waals surface area (Å²) in [7, 11) is 2.55. The van der Waals surface area contributed by atoms with Crippen LogP contribution < -0.4 is 16.1 Å². The molecule has 0 aliphatic carbocycles. The molecular formula is C14H26N3P. The Morgan fingerprint density at radius 2 is 2.00 bits per heavy atom. The number of nitrogens with one attached hydrogen (secondary N) is 2. The monoisotopic (exact) mass is 267 g/mol. The highest BCUT2D eigenvalue weighted by molar-refractivity contribution is 7.13. The van der Waals surface area contributed by atoms with Crippen LogP contribution in [0.3, 0.4) is 0 Å². The summed E-state index contributed by atoms with van der Waals surface area (Å²) >= 11 is 0. The summed E-state index contributed by atoms with van der Waals surface area (Å²) in [6.45, 7) is 9.76. The van der Waals surface area contributed by atoms with Gasteiger partial charge in [0.1, 0.15) is 0 Å². The molecule has 4 N–H and O–H groups in total. The average molecular weight is 267 g/mol. The highest BCUT2D eigenvalue weighted by atomic mass is 31.0. The van der Waals surface area contributed by atoms with Gasteiger partial charge in [-0.2, -0.15) is 0 Å². The predicted molar refractivity (Wildman–Crippen MR) is 85.0 cm³/mol. The highest BCUT2D eigenvalue weighted by Crippen LogP contribution is 2.31. The smallest absolute Gasteiger partial charge is 0.0401 e. The number of rotatable bonds is 5.